The van der Waals surface area contributed by atoms with E-state index in [0.717, 1.165) is 0 Å². The molecule has 0 rings (SSSR count). The minimum atomic E-state index is -1.75. The number of rotatable bonds is 1. The molecular formula is C4H11O3Ti. The Morgan fingerprint density at radius 3 is 1.75 bits per heavy atom. The molecular weight excluding hydrogens is 144 g/mol. The first kappa shape index (κ1) is 11.3. The fourth-order valence-corrected chi connectivity index (χ4v) is 0. The predicted molar refractivity (Wildman–Crippen MR) is 24.8 cm³/mol. The fraction of sp³-hybridized carbons (Fsp3) is 1.00. The van der Waals surface area contributed by atoms with Crippen LogP contribution < -0.4 is 0 Å². The van der Waals surface area contributed by atoms with E-state index in [4.69, 9.17) is 12.1 Å². The van der Waals surface area contributed by atoms with Gasteiger partial charge in [0, 0.05) is 6.61 Å². The quantitative estimate of drug-likeness (QED) is 0.522. The zero-order valence-corrected chi connectivity index (χ0v) is 6.65. The van der Waals surface area contributed by atoms with Gasteiger partial charge in [-0.3, -0.25) is 0 Å². The maximum atomic E-state index is 8.61. The summed E-state index contributed by atoms with van der Waals surface area (Å²) in [5.41, 5.74) is 0. The van der Waals surface area contributed by atoms with Gasteiger partial charge in [0.1, 0.15) is 0 Å². The Morgan fingerprint density at radius 1 is 1.62 bits per heavy atom. The van der Waals surface area contributed by atoms with Crippen molar-refractivity contribution in [3.05, 3.63) is 0 Å². The molecule has 0 bridgehead atoms. The maximum absolute atomic E-state index is 8.61. The van der Waals surface area contributed by atoms with Gasteiger partial charge in [-0.25, -0.2) is 0 Å². The molecule has 3 nitrogen and oxygen atoms in total. The first-order valence-corrected chi connectivity index (χ1v) is 3.64. The van der Waals surface area contributed by atoms with Gasteiger partial charge in [0.25, 0.3) is 0 Å². The SMILES string of the molecule is CC(C)CO.[O]=[Ti][OH]. The standard InChI is InChI=1S/C4H10O.H2O.O.Ti/c1-4(2)3-5;;;/h4-5H,3H2,1-2H3;1H2;;/q;;;+1/p-1. The van der Waals surface area contributed by atoms with Crippen LogP contribution in [0.1, 0.15) is 13.8 Å². The van der Waals surface area contributed by atoms with Gasteiger partial charge < -0.3 is 5.11 Å². The number of hydrogen-bond acceptors (Lipinski definition) is 2. The van der Waals surface area contributed by atoms with Crippen LogP contribution in [0.15, 0.2) is 0 Å². The summed E-state index contributed by atoms with van der Waals surface area (Å²) >= 11 is -1.75. The average Bonchev–Trinajstić information content (AvgIpc) is 1.69. The van der Waals surface area contributed by atoms with E-state index in [-0.39, 0.29) is 0 Å². The van der Waals surface area contributed by atoms with Gasteiger partial charge in [-0.15, -0.1) is 0 Å². The van der Waals surface area contributed by atoms with Crippen LogP contribution in [-0.4, -0.2) is 15.4 Å². The molecule has 0 fully saturated rings. The molecule has 8 heavy (non-hydrogen) atoms. The molecule has 0 heterocycles. The Balaban J connectivity index is 0. The van der Waals surface area contributed by atoms with Gasteiger partial charge in [-0.1, -0.05) is 13.8 Å². The van der Waals surface area contributed by atoms with E-state index >= 15 is 0 Å². The van der Waals surface area contributed by atoms with Gasteiger partial charge in [0.15, 0.2) is 0 Å². The van der Waals surface area contributed by atoms with Crippen LogP contribution in [-0.2, 0) is 22.8 Å². The Hall–Kier alpha value is 0.434. The van der Waals surface area contributed by atoms with Crippen molar-refractivity contribution in [1.82, 2.24) is 0 Å². The first-order chi connectivity index (χ1) is 3.68. The topological polar surface area (TPSA) is 57.5 Å². The summed E-state index contributed by atoms with van der Waals surface area (Å²) < 4.78 is 15.8. The van der Waals surface area contributed by atoms with E-state index in [1.165, 1.54) is 0 Å². The second-order valence-corrected chi connectivity index (χ2v) is 1.95. The zero-order valence-electron chi connectivity index (χ0n) is 5.09. The molecule has 0 spiro atoms. The minimum absolute atomic E-state index is 0.306. The van der Waals surface area contributed by atoms with Gasteiger partial charge in [-0.05, 0) is 5.92 Å². The van der Waals surface area contributed by atoms with Crippen LogP contribution in [0.3, 0.4) is 0 Å². The molecule has 0 unspecified atom stereocenters. The Bertz CT molecular complexity index is 46.5. The molecule has 0 aromatic carbocycles. The van der Waals surface area contributed by atoms with E-state index < -0.39 is 19.5 Å². The van der Waals surface area contributed by atoms with Crippen LogP contribution >= 0.6 is 0 Å². The molecule has 0 radical (unpaired) electrons. The molecule has 0 atom stereocenters. The summed E-state index contributed by atoms with van der Waals surface area (Å²) in [6.07, 6.45) is 0. The monoisotopic (exact) mass is 155 g/mol. The van der Waals surface area contributed by atoms with Crippen molar-refractivity contribution in [2.24, 2.45) is 5.92 Å². The molecule has 0 saturated heterocycles. The van der Waals surface area contributed by atoms with Gasteiger partial charge in [-0.2, -0.15) is 0 Å². The molecule has 0 saturated carbocycles. The molecule has 0 aromatic heterocycles. The summed E-state index contributed by atoms with van der Waals surface area (Å²) in [4.78, 5) is 0. The Kier molecular flexibility index (Phi) is 14.7. The Morgan fingerprint density at radius 2 is 1.75 bits per heavy atom. The molecule has 49 valence electrons. The van der Waals surface area contributed by atoms with Crippen LogP contribution in [0.4, 0.5) is 0 Å². The number of aliphatic hydroxyl groups excluding tert-OH is 1. The normalized spacial score (nSPS) is 7.12. The van der Waals surface area contributed by atoms with E-state index in [2.05, 4.69) is 0 Å². The van der Waals surface area contributed by atoms with Crippen LogP contribution in [0.5, 0.6) is 0 Å². The zero-order chi connectivity index (χ0) is 6.99. The third kappa shape index (κ3) is 32.1. The number of hydrogen-bond donors (Lipinski definition) is 2. The summed E-state index contributed by atoms with van der Waals surface area (Å²) in [5.74, 6) is 0.440. The van der Waals surface area contributed by atoms with E-state index in [1.807, 2.05) is 13.8 Å². The van der Waals surface area contributed by atoms with Gasteiger partial charge >= 0.3 is 26.5 Å². The molecule has 4 heteroatoms. The van der Waals surface area contributed by atoms with Crippen LogP contribution in [0.2, 0.25) is 0 Å². The molecule has 0 aromatic rings. The predicted octanol–water partition coefficient (Wildman–Crippen LogP) is -0.0436. The van der Waals surface area contributed by atoms with Crippen molar-refractivity contribution in [2.75, 3.05) is 6.61 Å². The van der Waals surface area contributed by atoms with E-state index in [9.17, 15) is 0 Å². The van der Waals surface area contributed by atoms with Crippen molar-refractivity contribution in [3.63, 3.8) is 0 Å². The Labute approximate surface area is 58.4 Å². The second-order valence-electron chi connectivity index (χ2n) is 1.67. The second kappa shape index (κ2) is 10.4. The van der Waals surface area contributed by atoms with Crippen molar-refractivity contribution >= 4 is 0 Å². The van der Waals surface area contributed by atoms with Crippen molar-refractivity contribution in [2.45, 2.75) is 13.8 Å². The molecule has 0 aliphatic heterocycles. The van der Waals surface area contributed by atoms with E-state index in [1.54, 1.807) is 0 Å². The molecule has 0 amide bonds. The van der Waals surface area contributed by atoms with Crippen molar-refractivity contribution in [1.29, 1.82) is 0 Å². The molecule has 2 N–H and O–H groups in total. The summed E-state index contributed by atoms with van der Waals surface area (Å²) in [6.45, 7) is 4.25. The molecule has 0 aliphatic rings. The summed E-state index contributed by atoms with van der Waals surface area (Å²) in [6, 6.07) is 0. The van der Waals surface area contributed by atoms with Crippen LogP contribution in [0, 0.1) is 5.92 Å². The van der Waals surface area contributed by atoms with Crippen LogP contribution in [0.25, 0.3) is 0 Å². The van der Waals surface area contributed by atoms with Gasteiger partial charge in [0.2, 0.25) is 0 Å². The first-order valence-electron chi connectivity index (χ1n) is 2.31. The van der Waals surface area contributed by atoms with Crippen molar-refractivity contribution in [3.8, 4) is 0 Å². The average molecular weight is 155 g/mol. The summed E-state index contributed by atoms with van der Waals surface area (Å²) in [5, 5.41) is 8.14. The van der Waals surface area contributed by atoms with Gasteiger partial charge in [0.05, 0.1) is 0 Å². The number of aliphatic hydroxyl groups is 1. The summed E-state index contributed by atoms with van der Waals surface area (Å²) in [7, 11) is 0. The third-order valence-corrected chi connectivity index (χ3v) is 0.365. The third-order valence-electron chi connectivity index (χ3n) is 0.365. The fourth-order valence-electron chi connectivity index (χ4n) is 0. The molecule has 0 aliphatic carbocycles. The van der Waals surface area contributed by atoms with Crippen molar-refractivity contribution < 1.29 is 31.6 Å². The van der Waals surface area contributed by atoms with E-state index in [0.29, 0.717) is 12.5 Å².